The van der Waals surface area contributed by atoms with Gasteiger partial charge in [-0.3, -0.25) is 0 Å². The van der Waals surface area contributed by atoms with Crippen LogP contribution in [-0.2, 0) is 9.47 Å². The molecule has 3 heteroatoms. The predicted molar refractivity (Wildman–Crippen MR) is 74.0 cm³/mol. The average Bonchev–Trinajstić information content (AvgIpc) is 2.64. The molecule has 0 amide bonds. The van der Waals surface area contributed by atoms with Crippen LogP contribution < -0.4 is 0 Å². The van der Waals surface area contributed by atoms with E-state index in [0.29, 0.717) is 0 Å². The first-order chi connectivity index (χ1) is 9.27. The Balaban J connectivity index is 1.63. The highest BCUT2D eigenvalue weighted by Crippen LogP contribution is 2.43. The highest BCUT2D eigenvalue weighted by Gasteiger charge is 2.41. The van der Waals surface area contributed by atoms with E-state index in [1.54, 1.807) is 0 Å². The number of aliphatic hydroxyl groups excluding tert-OH is 1. The van der Waals surface area contributed by atoms with E-state index in [2.05, 4.69) is 0 Å². The summed E-state index contributed by atoms with van der Waals surface area (Å²) in [5.74, 6) is 1.49. The van der Waals surface area contributed by atoms with E-state index in [4.69, 9.17) is 9.47 Å². The largest absolute Gasteiger partial charge is 0.393 e. The molecule has 3 rings (SSSR count). The fourth-order valence-corrected chi connectivity index (χ4v) is 4.36. The fraction of sp³-hybridized carbons (Fsp3) is 1.00. The molecule has 2 aliphatic heterocycles. The van der Waals surface area contributed by atoms with Crippen LogP contribution in [-0.4, -0.2) is 36.6 Å². The Labute approximate surface area is 116 Å². The van der Waals surface area contributed by atoms with E-state index in [0.717, 1.165) is 57.3 Å². The van der Waals surface area contributed by atoms with Gasteiger partial charge in [0.15, 0.2) is 0 Å². The molecule has 1 aliphatic carbocycles. The highest BCUT2D eigenvalue weighted by molar-refractivity contribution is 4.91. The Kier molecular flexibility index (Phi) is 4.45. The van der Waals surface area contributed by atoms with Crippen molar-refractivity contribution in [2.45, 2.75) is 69.5 Å². The number of ether oxygens (including phenoxy) is 2. The molecule has 3 atom stereocenters. The van der Waals surface area contributed by atoms with Crippen LogP contribution in [0.15, 0.2) is 0 Å². The van der Waals surface area contributed by atoms with E-state index < -0.39 is 0 Å². The summed E-state index contributed by atoms with van der Waals surface area (Å²) < 4.78 is 11.6. The second-order valence-electron chi connectivity index (χ2n) is 6.83. The molecule has 2 heterocycles. The van der Waals surface area contributed by atoms with Crippen LogP contribution in [0.25, 0.3) is 0 Å². The minimum atomic E-state index is -0.0546. The number of hydrogen-bond donors (Lipinski definition) is 1. The molecule has 3 nitrogen and oxygen atoms in total. The van der Waals surface area contributed by atoms with Gasteiger partial charge in [-0.05, 0) is 50.4 Å². The van der Waals surface area contributed by atoms with Gasteiger partial charge in [-0.25, -0.2) is 0 Å². The Morgan fingerprint density at radius 2 is 1.68 bits per heavy atom. The van der Waals surface area contributed by atoms with Gasteiger partial charge < -0.3 is 14.6 Å². The second kappa shape index (κ2) is 6.11. The van der Waals surface area contributed by atoms with Crippen molar-refractivity contribution >= 4 is 0 Å². The lowest BCUT2D eigenvalue weighted by Gasteiger charge is -2.45. The maximum Gasteiger partial charge on any atom is 0.0729 e. The third-order valence-corrected chi connectivity index (χ3v) is 5.54. The van der Waals surface area contributed by atoms with Crippen molar-refractivity contribution in [3.8, 4) is 0 Å². The minimum Gasteiger partial charge on any atom is -0.393 e. The van der Waals surface area contributed by atoms with Gasteiger partial charge in [0, 0.05) is 19.8 Å². The zero-order valence-corrected chi connectivity index (χ0v) is 12.0. The predicted octanol–water partition coefficient (Wildman–Crippen LogP) is 2.90. The zero-order chi connectivity index (χ0) is 13.1. The lowest BCUT2D eigenvalue weighted by Crippen LogP contribution is -2.45. The third kappa shape index (κ3) is 3.32. The van der Waals surface area contributed by atoms with Crippen LogP contribution >= 0.6 is 0 Å². The lowest BCUT2D eigenvalue weighted by molar-refractivity contribution is -0.154. The van der Waals surface area contributed by atoms with Crippen molar-refractivity contribution < 1.29 is 14.6 Å². The van der Waals surface area contributed by atoms with Crippen LogP contribution in [0, 0.1) is 11.8 Å². The molecule has 0 aromatic carbocycles. The summed E-state index contributed by atoms with van der Waals surface area (Å²) in [6.45, 7) is 2.64. The van der Waals surface area contributed by atoms with Gasteiger partial charge in [0.2, 0.25) is 0 Å². The van der Waals surface area contributed by atoms with Crippen molar-refractivity contribution in [3.63, 3.8) is 0 Å². The van der Waals surface area contributed by atoms with Crippen molar-refractivity contribution in [2.75, 3.05) is 19.8 Å². The van der Waals surface area contributed by atoms with Gasteiger partial charge in [0.25, 0.3) is 0 Å². The smallest absolute Gasteiger partial charge is 0.0729 e. The van der Waals surface area contributed by atoms with Crippen LogP contribution in [0.5, 0.6) is 0 Å². The summed E-state index contributed by atoms with van der Waals surface area (Å²) in [6, 6.07) is 0. The van der Waals surface area contributed by atoms with Gasteiger partial charge >= 0.3 is 0 Å². The van der Waals surface area contributed by atoms with Gasteiger partial charge in [-0.2, -0.15) is 0 Å². The Hall–Kier alpha value is -0.120. The zero-order valence-electron chi connectivity index (χ0n) is 12.0. The molecule has 2 saturated heterocycles. The molecule has 1 N–H and O–H groups in total. The topological polar surface area (TPSA) is 38.7 Å². The summed E-state index contributed by atoms with van der Waals surface area (Å²) in [6.07, 6.45) is 10.3. The molecular weight excluding hydrogens is 240 g/mol. The highest BCUT2D eigenvalue weighted by atomic mass is 16.5. The average molecular weight is 268 g/mol. The maximum atomic E-state index is 10.0. The quantitative estimate of drug-likeness (QED) is 0.743. The van der Waals surface area contributed by atoms with Crippen LogP contribution in [0.1, 0.15) is 57.8 Å². The SMILES string of the molecule is OC1CCCCC(C2CCOC3(CCOCC3)C2)C1. The molecular formula is C16H28O3. The van der Waals surface area contributed by atoms with Crippen molar-refractivity contribution in [2.24, 2.45) is 11.8 Å². The number of aliphatic hydroxyl groups is 1. The molecule has 0 aromatic heterocycles. The molecule has 19 heavy (non-hydrogen) atoms. The normalized spacial score (nSPS) is 39.9. The van der Waals surface area contributed by atoms with Crippen molar-refractivity contribution in [3.05, 3.63) is 0 Å². The van der Waals surface area contributed by atoms with E-state index in [9.17, 15) is 5.11 Å². The first-order valence-electron chi connectivity index (χ1n) is 8.17. The molecule has 0 radical (unpaired) electrons. The summed E-state index contributed by atoms with van der Waals surface area (Å²) in [4.78, 5) is 0. The Bertz CT molecular complexity index is 280. The summed E-state index contributed by atoms with van der Waals surface area (Å²) in [7, 11) is 0. The van der Waals surface area contributed by atoms with Crippen LogP contribution in [0.4, 0.5) is 0 Å². The van der Waals surface area contributed by atoms with Crippen molar-refractivity contribution in [1.29, 1.82) is 0 Å². The molecule has 0 bridgehead atoms. The van der Waals surface area contributed by atoms with Gasteiger partial charge in [-0.1, -0.05) is 19.3 Å². The summed E-state index contributed by atoms with van der Waals surface area (Å²) in [5, 5.41) is 10.0. The standard InChI is InChI=1S/C16H28O3/c17-15-4-2-1-3-13(11-15)14-5-8-19-16(12-14)6-9-18-10-7-16/h13-15,17H,1-12H2. The van der Waals surface area contributed by atoms with Gasteiger partial charge in [0.1, 0.15) is 0 Å². The number of rotatable bonds is 1. The van der Waals surface area contributed by atoms with Crippen LogP contribution in [0.3, 0.4) is 0 Å². The van der Waals surface area contributed by atoms with E-state index in [1.807, 2.05) is 0 Å². The van der Waals surface area contributed by atoms with E-state index in [-0.39, 0.29) is 11.7 Å². The summed E-state index contributed by atoms with van der Waals surface area (Å²) >= 11 is 0. The Morgan fingerprint density at radius 3 is 2.53 bits per heavy atom. The third-order valence-electron chi connectivity index (χ3n) is 5.54. The summed E-state index contributed by atoms with van der Waals surface area (Å²) in [5.41, 5.74) is 0.110. The Morgan fingerprint density at radius 1 is 0.895 bits per heavy atom. The first kappa shape index (κ1) is 13.8. The van der Waals surface area contributed by atoms with E-state index >= 15 is 0 Å². The van der Waals surface area contributed by atoms with Crippen molar-refractivity contribution in [1.82, 2.24) is 0 Å². The molecule has 3 aliphatic rings. The molecule has 3 unspecified atom stereocenters. The number of hydrogen-bond acceptors (Lipinski definition) is 3. The maximum absolute atomic E-state index is 10.0. The molecule has 110 valence electrons. The van der Waals surface area contributed by atoms with Gasteiger partial charge in [0.05, 0.1) is 11.7 Å². The molecule has 3 fully saturated rings. The molecule has 0 aromatic rings. The monoisotopic (exact) mass is 268 g/mol. The minimum absolute atomic E-state index is 0.0546. The lowest BCUT2D eigenvalue weighted by atomic mass is 9.73. The fourth-order valence-electron chi connectivity index (χ4n) is 4.36. The van der Waals surface area contributed by atoms with Gasteiger partial charge in [-0.15, -0.1) is 0 Å². The second-order valence-corrected chi connectivity index (χ2v) is 6.83. The molecule has 1 spiro atoms. The molecule has 1 saturated carbocycles. The van der Waals surface area contributed by atoms with Crippen LogP contribution in [0.2, 0.25) is 0 Å². The van der Waals surface area contributed by atoms with E-state index in [1.165, 1.54) is 32.1 Å². The first-order valence-corrected chi connectivity index (χ1v) is 8.17.